The van der Waals surface area contributed by atoms with E-state index in [0.717, 1.165) is 30.6 Å². The lowest BCUT2D eigenvalue weighted by atomic mass is 10.2. The highest BCUT2D eigenvalue weighted by molar-refractivity contribution is 8.00. The third-order valence-corrected chi connectivity index (χ3v) is 5.60. The summed E-state index contributed by atoms with van der Waals surface area (Å²) < 4.78 is 4.95. The number of fused-ring (bicyclic) bond motifs is 1. The molecule has 0 spiro atoms. The maximum absolute atomic E-state index is 12.1. The van der Waals surface area contributed by atoms with Crippen LogP contribution in [0, 0.1) is 0 Å². The molecule has 8 nitrogen and oxygen atoms in total. The summed E-state index contributed by atoms with van der Waals surface area (Å²) >= 11 is 1.41. The summed E-state index contributed by atoms with van der Waals surface area (Å²) in [6.07, 6.45) is 3.94. The van der Waals surface area contributed by atoms with Crippen molar-refractivity contribution in [3.05, 3.63) is 23.8 Å². The van der Waals surface area contributed by atoms with Gasteiger partial charge in [0.1, 0.15) is 0 Å². The lowest BCUT2D eigenvalue weighted by Crippen LogP contribution is -2.45. The van der Waals surface area contributed by atoms with Crippen LogP contribution in [0.3, 0.4) is 0 Å². The first kappa shape index (κ1) is 19.2. The Morgan fingerprint density at radius 2 is 2.00 bits per heavy atom. The number of rotatable bonds is 4. The van der Waals surface area contributed by atoms with Crippen molar-refractivity contribution >= 4 is 41.3 Å². The fraction of sp³-hybridized carbons (Fsp3) is 0.444. The van der Waals surface area contributed by atoms with Crippen LogP contribution in [0.25, 0.3) is 0 Å². The van der Waals surface area contributed by atoms with Crippen molar-refractivity contribution in [2.24, 2.45) is 0 Å². The van der Waals surface area contributed by atoms with Crippen LogP contribution in [0.2, 0.25) is 0 Å². The average Bonchev–Trinajstić information content (AvgIpc) is 3.13. The molecule has 1 aromatic carbocycles. The van der Waals surface area contributed by atoms with Crippen molar-refractivity contribution in [2.75, 3.05) is 11.9 Å². The number of nitrogens with one attached hydrogen (secondary N) is 3. The second kappa shape index (κ2) is 8.43. The molecular formula is C18H21N3O5S. The fourth-order valence-corrected chi connectivity index (χ4v) is 3.93. The molecule has 3 rings (SSSR count). The van der Waals surface area contributed by atoms with Gasteiger partial charge in [-0.1, -0.05) is 12.8 Å². The van der Waals surface area contributed by atoms with Gasteiger partial charge in [-0.05, 0) is 38.0 Å². The summed E-state index contributed by atoms with van der Waals surface area (Å²) in [5, 5.41) is 7.40. The van der Waals surface area contributed by atoms with E-state index < -0.39 is 24.5 Å². The van der Waals surface area contributed by atoms with Crippen LogP contribution in [0.5, 0.6) is 0 Å². The second-order valence-electron chi connectivity index (χ2n) is 6.54. The summed E-state index contributed by atoms with van der Waals surface area (Å²) in [4.78, 5) is 48.2. The molecule has 1 unspecified atom stereocenters. The van der Waals surface area contributed by atoms with Gasteiger partial charge >= 0.3 is 12.0 Å². The minimum Gasteiger partial charge on any atom is -0.452 e. The number of carbonyl (C=O) groups excluding carboxylic acids is 4. The Morgan fingerprint density at radius 3 is 2.74 bits per heavy atom. The number of amides is 4. The molecule has 1 aromatic rings. The summed E-state index contributed by atoms with van der Waals surface area (Å²) in [5.74, 6) is -1.54. The number of imide groups is 1. The lowest BCUT2D eigenvalue weighted by molar-refractivity contribution is -0.123. The van der Waals surface area contributed by atoms with Crippen molar-refractivity contribution in [3.63, 3.8) is 0 Å². The number of esters is 1. The molecule has 144 valence electrons. The van der Waals surface area contributed by atoms with Gasteiger partial charge in [-0.15, -0.1) is 11.8 Å². The first-order valence-electron chi connectivity index (χ1n) is 8.81. The van der Waals surface area contributed by atoms with Crippen LogP contribution < -0.4 is 16.0 Å². The molecule has 1 atom stereocenters. The van der Waals surface area contributed by atoms with Crippen molar-refractivity contribution in [3.8, 4) is 0 Å². The Morgan fingerprint density at radius 1 is 1.26 bits per heavy atom. The summed E-state index contributed by atoms with van der Waals surface area (Å²) in [7, 11) is 0. The van der Waals surface area contributed by atoms with Gasteiger partial charge in [0.2, 0.25) is 5.91 Å². The molecule has 0 radical (unpaired) electrons. The molecule has 1 heterocycles. The van der Waals surface area contributed by atoms with E-state index >= 15 is 0 Å². The monoisotopic (exact) mass is 391 g/mol. The zero-order chi connectivity index (χ0) is 19.4. The smallest absolute Gasteiger partial charge is 0.338 e. The maximum atomic E-state index is 12.1. The van der Waals surface area contributed by atoms with E-state index in [1.165, 1.54) is 17.8 Å². The fourth-order valence-electron chi connectivity index (χ4n) is 3.00. The SMILES string of the molecule is CC1Sc2ccc(C(=O)OCC(=O)NC(=O)NC3CCCC3)cc2NC1=O. The number of benzene rings is 1. The molecule has 2 aliphatic rings. The van der Waals surface area contributed by atoms with Crippen LogP contribution in [-0.4, -0.2) is 41.7 Å². The third-order valence-electron chi connectivity index (χ3n) is 4.42. The molecule has 0 bridgehead atoms. The molecule has 9 heteroatoms. The van der Waals surface area contributed by atoms with E-state index in [-0.39, 0.29) is 22.8 Å². The van der Waals surface area contributed by atoms with Gasteiger partial charge in [0.25, 0.3) is 5.91 Å². The summed E-state index contributed by atoms with van der Waals surface area (Å²) in [6, 6.07) is 4.32. The normalized spacial score (nSPS) is 19.0. The van der Waals surface area contributed by atoms with Crippen LogP contribution in [0.1, 0.15) is 43.0 Å². The maximum Gasteiger partial charge on any atom is 0.338 e. The van der Waals surface area contributed by atoms with Crippen molar-refractivity contribution in [1.82, 2.24) is 10.6 Å². The molecule has 1 aliphatic heterocycles. The predicted molar refractivity (Wildman–Crippen MR) is 99.6 cm³/mol. The molecule has 27 heavy (non-hydrogen) atoms. The molecule has 1 fully saturated rings. The highest BCUT2D eigenvalue weighted by Gasteiger charge is 2.24. The van der Waals surface area contributed by atoms with Crippen LogP contribution in [-0.2, 0) is 14.3 Å². The molecule has 0 aromatic heterocycles. The Balaban J connectivity index is 1.49. The van der Waals surface area contributed by atoms with E-state index in [4.69, 9.17) is 4.74 Å². The number of ether oxygens (including phenoxy) is 1. The zero-order valence-corrected chi connectivity index (χ0v) is 15.7. The molecule has 1 aliphatic carbocycles. The average molecular weight is 391 g/mol. The molecular weight excluding hydrogens is 370 g/mol. The van der Waals surface area contributed by atoms with E-state index in [0.29, 0.717) is 5.69 Å². The standard InChI is InChI=1S/C18H21N3O5S/c1-10-16(23)20-13-8-11(6-7-14(13)27-10)17(24)26-9-15(22)21-18(25)19-12-4-2-3-5-12/h6-8,10,12H,2-5,9H2,1H3,(H,20,23)(H2,19,21,22,25). The third kappa shape index (κ3) is 5.00. The van der Waals surface area contributed by atoms with Gasteiger partial charge in [-0.25, -0.2) is 9.59 Å². The van der Waals surface area contributed by atoms with Gasteiger partial charge in [-0.2, -0.15) is 0 Å². The number of hydrogen-bond acceptors (Lipinski definition) is 6. The Bertz CT molecular complexity index is 776. The van der Waals surface area contributed by atoms with Gasteiger partial charge in [-0.3, -0.25) is 14.9 Å². The second-order valence-corrected chi connectivity index (χ2v) is 7.92. The molecule has 0 saturated heterocycles. The van der Waals surface area contributed by atoms with Crippen LogP contribution in [0.4, 0.5) is 10.5 Å². The van der Waals surface area contributed by atoms with E-state index in [9.17, 15) is 19.2 Å². The highest BCUT2D eigenvalue weighted by Crippen LogP contribution is 2.36. The summed E-state index contributed by atoms with van der Waals surface area (Å²) in [6.45, 7) is 1.23. The number of urea groups is 1. The van der Waals surface area contributed by atoms with Gasteiger partial charge in [0, 0.05) is 10.9 Å². The number of thioether (sulfide) groups is 1. The molecule has 4 amide bonds. The Labute approximate surface area is 160 Å². The van der Waals surface area contributed by atoms with Crippen molar-refractivity contribution in [1.29, 1.82) is 0 Å². The Kier molecular flexibility index (Phi) is 6.00. The predicted octanol–water partition coefficient (Wildman–Crippen LogP) is 2.04. The van der Waals surface area contributed by atoms with E-state index in [1.807, 2.05) is 0 Å². The van der Waals surface area contributed by atoms with Crippen LogP contribution >= 0.6 is 11.8 Å². The molecule has 3 N–H and O–H groups in total. The topological polar surface area (TPSA) is 114 Å². The zero-order valence-electron chi connectivity index (χ0n) is 14.9. The number of carbonyl (C=O) groups is 4. The molecule has 1 saturated carbocycles. The number of hydrogen-bond donors (Lipinski definition) is 3. The number of anilines is 1. The van der Waals surface area contributed by atoms with Crippen molar-refractivity contribution in [2.45, 2.75) is 48.8 Å². The van der Waals surface area contributed by atoms with Gasteiger partial charge in [0.15, 0.2) is 6.61 Å². The highest BCUT2D eigenvalue weighted by atomic mass is 32.2. The first-order chi connectivity index (χ1) is 12.9. The van der Waals surface area contributed by atoms with Crippen molar-refractivity contribution < 1.29 is 23.9 Å². The largest absolute Gasteiger partial charge is 0.452 e. The van der Waals surface area contributed by atoms with Gasteiger partial charge < -0.3 is 15.4 Å². The first-order valence-corrected chi connectivity index (χ1v) is 9.69. The van der Waals surface area contributed by atoms with Crippen LogP contribution in [0.15, 0.2) is 23.1 Å². The Hall–Kier alpha value is -2.55. The van der Waals surface area contributed by atoms with Gasteiger partial charge in [0.05, 0.1) is 16.5 Å². The quantitative estimate of drug-likeness (QED) is 0.677. The van der Waals surface area contributed by atoms with E-state index in [1.54, 1.807) is 19.1 Å². The summed E-state index contributed by atoms with van der Waals surface area (Å²) in [5.41, 5.74) is 0.755. The van der Waals surface area contributed by atoms with E-state index in [2.05, 4.69) is 16.0 Å². The minimum atomic E-state index is -0.706. The minimum absolute atomic E-state index is 0.0895. The lowest BCUT2D eigenvalue weighted by Gasteiger charge is -2.21.